The number of hydrogen-bond acceptors (Lipinski definition) is 6. The fourth-order valence-electron chi connectivity index (χ4n) is 3.29. The first-order valence-electron chi connectivity index (χ1n) is 10.1. The number of nitrogens with zero attached hydrogens (tertiary/aromatic N) is 3. The number of amides is 1. The summed E-state index contributed by atoms with van der Waals surface area (Å²) < 4.78 is 29.3. The number of aryl methyl sites for hydroxylation is 2. The van der Waals surface area contributed by atoms with E-state index in [1.165, 1.54) is 41.3 Å². The van der Waals surface area contributed by atoms with Gasteiger partial charge in [0.05, 0.1) is 22.9 Å². The van der Waals surface area contributed by atoms with Crippen LogP contribution in [0.2, 0.25) is 0 Å². The van der Waals surface area contributed by atoms with Crippen molar-refractivity contribution < 1.29 is 13.2 Å². The van der Waals surface area contributed by atoms with E-state index in [2.05, 4.69) is 20.1 Å². The highest BCUT2D eigenvalue weighted by Gasteiger charge is 2.26. The van der Waals surface area contributed by atoms with Gasteiger partial charge in [-0.3, -0.25) is 9.48 Å². The average Bonchev–Trinajstić information content (AvgIpc) is 3.31. The summed E-state index contributed by atoms with van der Waals surface area (Å²) in [4.78, 5) is 18.2. The molecule has 4 rings (SSSR count). The Balaban J connectivity index is 1.50. The molecule has 1 saturated carbocycles. The van der Waals surface area contributed by atoms with Crippen LogP contribution in [0.15, 0.2) is 47.6 Å². The van der Waals surface area contributed by atoms with E-state index in [1.807, 2.05) is 37.3 Å². The Labute approximate surface area is 185 Å². The van der Waals surface area contributed by atoms with Crippen LogP contribution in [0.4, 0.5) is 0 Å². The van der Waals surface area contributed by atoms with Crippen molar-refractivity contribution in [3.05, 3.63) is 63.9 Å². The second-order valence-corrected chi connectivity index (χ2v) is 10.7. The Morgan fingerprint density at radius 2 is 2.03 bits per heavy atom. The van der Waals surface area contributed by atoms with Gasteiger partial charge in [0.1, 0.15) is 9.77 Å². The molecule has 2 heterocycles. The van der Waals surface area contributed by atoms with E-state index in [0.717, 1.165) is 17.0 Å². The summed E-state index contributed by atoms with van der Waals surface area (Å²) in [7, 11) is -2.09. The maximum atomic E-state index is 13.0. The summed E-state index contributed by atoms with van der Waals surface area (Å²) in [6.45, 7) is 1.85. The Hall–Kier alpha value is -2.56. The molecule has 0 bridgehead atoms. The monoisotopic (exact) mass is 459 g/mol. The minimum absolute atomic E-state index is 0.0137. The first-order chi connectivity index (χ1) is 14.8. The molecule has 3 aromatic rings. The number of carbonyl (C=O) groups is 1. The first-order valence-corrected chi connectivity index (χ1v) is 12.4. The summed E-state index contributed by atoms with van der Waals surface area (Å²) in [6.07, 6.45) is 6.10. The van der Waals surface area contributed by atoms with Crippen molar-refractivity contribution in [2.45, 2.75) is 37.1 Å². The molecule has 1 amide bonds. The zero-order valence-electron chi connectivity index (χ0n) is 17.4. The summed E-state index contributed by atoms with van der Waals surface area (Å²) in [5.74, 6) is 0.451. The average molecular weight is 460 g/mol. The number of nitrogens with one attached hydrogen (secondary N) is 2. The first kappa shape index (κ1) is 21.7. The Bertz CT molecular complexity index is 1170. The number of benzene rings is 1. The smallest absolute Gasteiger partial charge is 0.263 e. The Morgan fingerprint density at radius 3 is 2.68 bits per heavy atom. The van der Waals surface area contributed by atoms with Gasteiger partial charge in [-0.25, -0.2) is 18.1 Å². The normalized spacial score (nSPS) is 15.0. The third kappa shape index (κ3) is 5.38. The Morgan fingerprint density at radius 1 is 1.29 bits per heavy atom. The van der Waals surface area contributed by atoms with Gasteiger partial charge in [-0.15, -0.1) is 11.3 Å². The van der Waals surface area contributed by atoms with Crippen LogP contribution in [0.5, 0.6) is 0 Å². The van der Waals surface area contributed by atoms with Gasteiger partial charge in [-0.05, 0) is 31.2 Å². The zero-order valence-corrected chi connectivity index (χ0v) is 19.0. The molecular weight excluding hydrogens is 434 g/mol. The van der Waals surface area contributed by atoms with Crippen LogP contribution in [-0.2, 0) is 23.5 Å². The molecule has 1 aliphatic rings. The zero-order chi connectivity index (χ0) is 22.0. The predicted octanol–water partition coefficient (Wildman–Crippen LogP) is 2.59. The molecule has 0 spiro atoms. The molecule has 10 heteroatoms. The SMILES string of the molecule is Cc1nc(CC2CC2)sc1C(=O)NC(CNS(=O)(=O)c1cnn(C)c1)c1ccccc1. The van der Waals surface area contributed by atoms with E-state index >= 15 is 0 Å². The van der Waals surface area contributed by atoms with Crippen molar-refractivity contribution in [3.63, 3.8) is 0 Å². The fraction of sp³-hybridized carbons (Fsp3) is 0.381. The van der Waals surface area contributed by atoms with Crippen molar-refractivity contribution in [2.24, 2.45) is 13.0 Å². The fourth-order valence-corrected chi connectivity index (χ4v) is 5.41. The molecule has 1 atom stereocenters. The van der Waals surface area contributed by atoms with Crippen LogP contribution >= 0.6 is 11.3 Å². The highest BCUT2D eigenvalue weighted by atomic mass is 32.2. The van der Waals surface area contributed by atoms with Gasteiger partial charge in [-0.2, -0.15) is 5.10 Å². The molecule has 0 saturated heterocycles. The van der Waals surface area contributed by atoms with E-state index in [9.17, 15) is 13.2 Å². The van der Waals surface area contributed by atoms with Crippen LogP contribution in [0.25, 0.3) is 0 Å². The molecule has 0 aliphatic heterocycles. The van der Waals surface area contributed by atoms with Gasteiger partial charge < -0.3 is 5.32 Å². The van der Waals surface area contributed by atoms with E-state index < -0.39 is 16.1 Å². The van der Waals surface area contributed by atoms with Gasteiger partial charge >= 0.3 is 0 Å². The molecule has 1 unspecified atom stereocenters. The Kier molecular flexibility index (Phi) is 6.22. The highest BCUT2D eigenvalue weighted by Crippen LogP contribution is 2.34. The van der Waals surface area contributed by atoms with E-state index in [0.29, 0.717) is 16.5 Å². The molecule has 8 nitrogen and oxygen atoms in total. The molecule has 1 aliphatic carbocycles. The van der Waals surface area contributed by atoms with E-state index in [1.54, 1.807) is 7.05 Å². The van der Waals surface area contributed by atoms with Crippen molar-refractivity contribution in [1.82, 2.24) is 24.8 Å². The standard InChI is InChI=1S/C21H25N5O3S2/c1-14-20(30-19(24-14)10-15-8-9-15)21(27)25-18(16-6-4-3-5-7-16)12-23-31(28,29)17-11-22-26(2)13-17/h3-7,11,13,15,18,23H,8-10,12H2,1-2H3,(H,25,27). The van der Waals surface area contributed by atoms with Crippen molar-refractivity contribution >= 4 is 27.3 Å². The lowest BCUT2D eigenvalue weighted by Gasteiger charge is -2.19. The van der Waals surface area contributed by atoms with Crippen molar-refractivity contribution in [1.29, 1.82) is 0 Å². The number of carbonyl (C=O) groups excluding carboxylic acids is 1. The number of sulfonamides is 1. The largest absolute Gasteiger partial charge is 0.343 e. The van der Waals surface area contributed by atoms with Gasteiger partial charge in [0.2, 0.25) is 10.0 Å². The third-order valence-corrected chi connectivity index (χ3v) is 7.74. The van der Waals surface area contributed by atoms with Crippen LogP contribution in [-0.4, -0.2) is 35.6 Å². The quantitative estimate of drug-likeness (QED) is 0.512. The molecule has 1 fully saturated rings. The maximum Gasteiger partial charge on any atom is 0.263 e. The summed E-state index contributed by atoms with van der Waals surface area (Å²) >= 11 is 1.42. The van der Waals surface area contributed by atoms with E-state index in [4.69, 9.17) is 0 Å². The third-order valence-electron chi connectivity index (χ3n) is 5.18. The molecule has 2 N–H and O–H groups in total. The van der Waals surface area contributed by atoms with Crippen LogP contribution in [0.3, 0.4) is 0 Å². The van der Waals surface area contributed by atoms with Crippen LogP contribution < -0.4 is 10.0 Å². The van der Waals surface area contributed by atoms with Crippen molar-refractivity contribution in [3.8, 4) is 0 Å². The highest BCUT2D eigenvalue weighted by molar-refractivity contribution is 7.89. The van der Waals surface area contributed by atoms with Gasteiger partial charge in [0.15, 0.2) is 0 Å². The predicted molar refractivity (Wildman–Crippen MR) is 118 cm³/mol. The molecule has 0 radical (unpaired) electrons. The molecule has 2 aromatic heterocycles. The molecule has 31 heavy (non-hydrogen) atoms. The van der Waals surface area contributed by atoms with Crippen LogP contribution in [0, 0.1) is 12.8 Å². The minimum atomic E-state index is -3.75. The molecular formula is C21H25N5O3S2. The number of thiazole rings is 1. The molecule has 164 valence electrons. The second kappa shape index (κ2) is 8.89. The number of aromatic nitrogens is 3. The summed E-state index contributed by atoms with van der Waals surface area (Å²) in [5.41, 5.74) is 1.52. The molecule has 1 aromatic carbocycles. The lowest BCUT2D eigenvalue weighted by atomic mass is 10.1. The van der Waals surface area contributed by atoms with Gasteiger partial charge in [0.25, 0.3) is 5.91 Å². The van der Waals surface area contributed by atoms with Gasteiger partial charge in [-0.1, -0.05) is 30.3 Å². The maximum absolute atomic E-state index is 13.0. The topological polar surface area (TPSA) is 106 Å². The summed E-state index contributed by atoms with van der Waals surface area (Å²) in [6, 6.07) is 8.78. The lowest BCUT2D eigenvalue weighted by molar-refractivity contribution is 0.0940. The minimum Gasteiger partial charge on any atom is -0.343 e. The number of rotatable bonds is 9. The number of hydrogen-bond donors (Lipinski definition) is 2. The van der Waals surface area contributed by atoms with Crippen molar-refractivity contribution in [2.75, 3.05) is 6.54 Å². The van der Waals surface area contributed by atoms with E-state index in [-0.39, 0.29) is 17.3 Å². The summed E-state index contributed by atoms with van der Waals surface area (Å²) in [5, 5.41) is 7.89. The van der Waals surface area contributed by atoms with Gasteiger partial charge in [0, 0.05) is 26.2 Å². The second-order valence-electron chi connectivity index (χ2n) is 7.81. The lowest BCUT2D eigenvalue weighted by Crippen LogP contribution is -2.37. The van der Waals surface area contributed by atoms with Crippen LogP contribution in [0.1, 0.15) is 44.8 Å².